The van der Waals surface area contributed by atoms with E-state index in [0.717, 1.165) is 23.6 Å². The van der Waals surface area contributed by atoms with Crippen molar-refractivity contribution in [2.75, 3.05) is 38.5 Å². The summed E-state index contributed by atoms with van der Waals surface area (Å²) in [6, 6.07) is 12.0. The molecular weight excluding hydrogens is 404 g/mol. The average molecular weight is 433 g/mol. The number of hydrogen-bond donors (Lipinski definition) is 1. The number of sulfonamides is 1. The van der Waals surface area contributed by atoms with Gasteiger partial charge in [-0.25, -0.2) is 8.42 Å². The van der Waals surface area contributed by atoms with E-state index in [1.165, 1.54) is 16.4 Å². The summed E-state index contributed by atoms with van der Waals surface area (Å²) in [6.45, 7) is 6.01. The number of benzene rings is 2. The molecule has 3 rings (SSSR count). The van der Waals surface area contributed by atoms with Crippen LogP contribution in [0, 0.1) is 17.0 Å². The minimum atomic E-state index is -3.77. The second kappa shape index (κ2) is 9.11. The summed E-state index contributed by atoms with van der Waals surface area (Å²) in [7, 11) is -1.84. The Morgan fingerprint density at radius 3 is 2.30 bits per heavy atom. The van der Waals surface area contributed by atoms with Crippen molar-refractivity contribution in [2.45, 2.75) is 31.2 Å². The number of nitro groups is 1. The van der Waals surface area contributed by atoms with E-state index in [2.05, 4.69) is 10.2 Å². The number of rotatable bonds is 7. The van der Waals surface area contributed by atoms with Crippen LogP contribution in [0.5, 0.6) is 0 Å². The number of anilines is 1. The molecule has 0 aromatic heterocycles. The smallest absolute Gasteiger partial charge is 0.293 e. The number of nitro benzene ring substituents is 1. The van der Waals surface area contributed by atoms with Crippen molar-refractivity contribution in [3.63, 3.8) is 0 Å². The largest absolute Gasteiger partial charge is 0.373 e. The second-order valence-corrected chi connectivity index (χ2v) is 9.60. The molecule has 0 bridgehead atoms. The summed E-state index contributed by atoms with van der Waals surface area (Å²) in [5, 5.41) is 14.9. The summed E-state index contributed by atoms with van der Waals surface area (Å²) in [4.78, 5) is 13.2. The van der Waals surface area contributed by atoms with E-state index in [1.54, 1.807) is 0 Å². The molecule has 30 heavy (non-hydrogen) atoms. The number of nitrogens with zero attached hydrogens (tertiary/aromatic N) is 3. The Bertz CT molecular complexity index is 1000. The zero-order valence-corrected chi connectivity index (χ0v) is 18.4. The number of aryl methyl sites for hydroxylation is 1. The van der Waals surface area contributed by atoms with Crippen LogP contribution in [0.2, 0.25) is 0 Å². The lowest BCUT2D eigenvalue weighted by Crippen LogP contribution is -2.47. The van der Waals surface area contributed by atoms with Crippen LogP contribution in [0.25, 0.3) is 0 Å². The molecule has 1 aliphatic heterocycles. The molecule has 1 saturated heterocycles. The third-order valence-corrected chi connectivity index (χ3v) is 7.38. The molecule has 0 spiro atoms. The fraction of sp³-hybridized carbons (Fsp3) is 0.429. The standard InChI is InChI=1S/C21H28N4O4S/c1-4-19(17-7-5-16(2)6-8-17)22-20-10-9-18(15-21(20)25(26)27)30(28,29)24-13-11-23(3)12-14-24/h5-10,15,19,22H,4,11-14H2,1-3H3/t19-/m0/s1. The van der Waals surface area contributed by atoms with Crippen LogP contribution < -0.4 is 5.32 Å². The summed E-state index contributed by atoms with van der Waals surface area (Å²) in [5.41, 5.74) is 2.23. The molecule has 1 fully saturated rings. The number of hydrogen-bond acceptors (Lipinski definition) is 6. The van der Waals surface area contributed by atoms with Gasteiger partial charge in [0.05, 0.1) is 15.9 Å². The van der Waals surface area contributed by atoms with Crippen LogP contribution in [0.1, 0.15) is 30.5 Å². The van der Waals surface area contributed by atoms with Crippen molar-refractivity contribution >= 4 is 21.4 Å². The first-order valence-electron chi connectivity index (χ1n) is 10.0. The molecule has 8 nitrogen and oxygen atoms in total. The van der Waals surface area contributed by atoms with Crippen LogP contribution in [0.3, 0.4) is 0 Å². The molecule has 1 aliphatic rings. The minimum absolute atomic E-state index is 0.0484. The third kappa shape index (κ3) is 4.80. The lowest BCUT2D eigenvalue weighted by atomic mass is 10.0. The van der Waals surface area contributed by atoms with Gasteiger partial charge in [-0.1, -0.05) is 36.8 Å². The van der Waals surface area contributed by atoms with E-state index >= 15 is 0 Å². The highest BCUT2D eigenvalue weighted by molar-refractivity contribution is 7.89. The van der Waals surface area contributed by atoms with Gasteiger partial charge in [-0.2, -0.15) is 4.31 Å². The van der Waals surface area contributed by atoms with E-state index in [4.69, 9.17) is 0 Å². The van der Waals surface area contributed by atoms with Crippen molar-refractivity contribution in [3.8, 4) is 0 Å². The zero-order chi connectivity index (χ0) is 21.9. The maximum atomic E-state index is 13.0. The molecule has 0 radical (unpaired) electrons. The monoisotopic (exact) mass is 432 g/mol. The van der Waals surface area contributed by atoms with Gasteiger partial charge >= 0.3 is 0 Å². The molecule has 0 unspecified atom stereocenters. The van der Waals surface area contributed by atoms with Gasteiger partial charge in [0.25, 0.3) is 5.69 Å². The van der Waals surface area contributed by atoms with Gasteiger partial charge in [0, 0.05) is 32.2 Å². The minimum Gasteiger partial charge on any atom is -0.373 e. The lowest BCUT2D eigenvalue weighted by molar-refractivity contribution is -0.384. The van der Waals surface area contributed by atoms with Gasteiger partial charge in [0.2, 0.25) is 10.0 Å². The van der Waals surface area contributed by atoms with E-state index in [0.29, 0.717) is 31.9 Å². The van der Waals surface area contributed by atoms with Gasteiger partial charge in [0.15, 0.2) is 0 Å². The van der Waals surface area contributed by atoms with Gasteiger partial charge in [0.1, 0.15) is 5.69 Å². The Morgan fingerprint density at radius 2 is 1.73 bits per heavy atom. The second-order valence-electron chi connectivity index (χ2n) is 7.66. The van der Waals surface area contributed by atoms with Gasteiger partial charge in [-0.05, 0) is 38.1 Å². The molecule has 0 amide bonds. The van der Waals surface area contributed by atoms with E-state index in [-0.39, 0.29) is 16.6 Å². The van der Waals surface area contributed by atoms with Crippen molar-refractivity contribution in [1.29, 1.82) is 0 Å². The molecule has 9 heteroatoms. The maximum Gasteiger partial charge on any atom is 0.293 e. The van der Waals surface area contributed by atoms with Crippen LogP contribution in [-0.2, 0) is 10.0 Å². The summed E-state index contributed by atoms with van der Waals surface area (Å²) < 4.78 is 27.3. The van der Waals surface area contributed by atoms with Crippen LogP contribution >= 0.6 is 0 Å². The van der Waals surface area contributed by atoms with E-state index < -0.39 is 14.9 Å². The predicted molar refractivity (Wildman–Crippen MR) is 117 cm³/mol. The highest BCUT2D eigenvalue weighted by Crippen LogP contribution is 2.33. The van der Waals surface area contributed by atoms with Gasteiger partial charge in [-0.3, -0.25) is 10.1 Å². The maximum absolute atomic E-state index is 13.0. The summed E-state index contributed by atoms with van der Waals surface area (Å²) >= 11 is 0. The highest BCUT2D eigenvalue weighted by Gasteiger charge is 2.30. The Balaban J connectivity index is 1.90. The molecule has 2 aromatic carbocycles. The molecule has 1 atom stereocenters. The highest BCUT2D eigenvalue weighted by atomic mass is 32.2. The molecule has 2 aromatic rings. The van der Waals surface area contributed by atoms with Crippen LogP contribution in [0.4, 0.5) is 11.4 Å². The number of likely N-dealkylation sites (N-methyl/N-ethyl adjacent to an activating group) is 1. The first-order chi connectivity index (χ1) is 14.2. The Hall–Kier alpha value is -2.49. The molecule has 162 valence electrons. The zero-order valence-electron chi connectivity index (χ0n) is 17.5. The van der Waals surface area contributed by atoms with Crippen molar-refractivity contribution in [3.05, 3.63) is 63.7 Å². The fourth-order valence-corrected chi connectivity index (χ4v) is 4.97. The average Bonchev–Trinajstić information content (AvgIpc) is 2.73. The third-order valence-electron chi connectivity index (χ3n) is 5.48. The van der Waals surface area contributed by atoms with Crippen molar-refractivity contribution < 1.29 is 13.3 Å². The first-order valence-corrected chi connectivity index (χ1v) is 11.5. The predicted octanol–water partition coefficient (Wildman–Crippen LogP) is 3.40. The van der Waals surface area contributed by atoms with Crippen molar-refractivity contribution in [2.24, 2.45) is 0 Å². The quantitative estimate of drug-likeness (QED) is 0.532. The fourth-order valence-electron chi connectivity index (χ4n) is 3.53. The molecule has 0 aliphatic carbocycles. The Morgan fingerprint density at radius 1 is 1.10 bits per heavy atom. The Kier molecular flexibility index (Phi) is 6.74. The topological polar surface area (TPSA) is 95.8 Å². The van der Waals surface area contributed by atoms with Crippen LogP contribution in [0.15, 0.2) is 47.4 Å². The SMILES string of the molecule is CC[C@H](Nc1ccc(S(=O)(=O)N2CCN(C)CC2)cc1[N+](=O)[O-])c1ccc(C)cc1. The van der Waals surface area contributed by atoms with Gasteiger partial charge in [-0.15, -0.1) is 0 Å². The normalized spacial score (nSPS) is 16.9. The molecule has 1 N–H and O–H groups in total. The van der Waals surface area contributed by atoms with Crippen LogP contribution in [-0.4, -0.2) is 55.8 Å². The lowest BCUT2D eigenvalue weighted by Gasteiger charge is -2.31. The molecule has 1 heterocycles. The van der Waals surface area contributed by atoms with E-state index in [9.17, 15) is 18.5 Å². The first kappa shape index (κ1) is 22.2. The molecule has 0 saturated carbocycles. The number of nitrogens with one attached hydrogen (secondary N) is 1. The van der Waals surface area contributed by atoms with Crippen molar-refractivity contribution in [1.82, 2.24) is 9.21 Å². The van der Waals surface area contributed by atoms with E-state index in [1.807, 2.05) is 45.2 Å². The summed E-state index contributed by atoms with van der Waals surface area (Å²) in [5.74, 6) is 0. The summed E-state index contributed by atoms with van der Waals surface area (Å²) in [6.07, 6.45) is 0.724. The Labute approximate surface area is 177 Å². The van der Waals surface area contributed by atoms with Gasteiger partial charge < -0.3 is 10.2 Å². The molecular formula is C21H28N4O4S. The number of piperazine rings is 1.